The topological polar surface area (TPSA) is 45.4 Å². The molecule has 3 rings (SSSR count). The van der Waals surface area contributed by atoms with Crippen LogP contribution in [-0.2, 0) is 6.54 Å². The molecule has 112 valence electrons. The van der Waals surface area contributed by atoms with Crippen molar-refractivity contribution in [3.63, 3.8) is 0 Å². The maximum atomic E-state index is 13.0. The van der Waals surface area contributed by atoms with Crippen molar-refractivity contribution in [1.29, 1.82) is 0 Å². The van der Waals surface area contributed by atoms with Crippen LogP contribution < -0.4 is 15.5 Å². The first-order valence-electron chi connectivity index (χ1n) is 7.09. The summed E-state index contributed by atoms with van der Waals surface area (Å²) in [5.41, 5.74) is 7.83. The number of aryl methyl sites for hydroxylation is 1. The number of nitrogens with two attached hydrogens (primary N) is 1. The first-order valence-corrected chi connectivity index (χ1v) is 7.91. The third-order valence-corrected chi connectivity index (χ3v) is 5.05. The average molecular weight is 306 g/mol. The molecule has 0 aliphatic carbocycles. The highest BCUT2D eigenvalue weighted by Crippen LogP contribution is 2.27. The van der Waals surface area contributed by atoms with Crippen LogP contribution >= 0.6 is 11.3 Å². The molecule has 1 aliphatic rings. The fourth-order valence-electron chi connectivity index (χ4n) is 2.55. The summed E-state index contributed by atoms with van der Waals surface area (Å²) in [7, 11) is 0. The van der Waals surface area contributed by atoms with E-state index in [2.05, 4.69) is 14.8 Å². The third-order valence-electron chi connectivity index (χ3n) is 3.81. The summed E-state index contributed by atoms with van der Waals surface area (Å²) in [5, 5.41) is 1.06. The van der Waals surface area contributed by atoms with Crippen LogP contribution in [0.15, 0.2) is 24.3 Å². The molecule has 0 spiro atoms. The number of thiazole rings is 1. The zero-order valence-corrected chi connectivity index (χ0v) is 12.9. The van der Waals surface area contributed by atoms with Gasteiger partial charge in [0.15, 0.2) is 5.13 Å². The summed E-state index contributed by atoms with van der Waals surface area (Å²) in [6.45, 7) is 6.25. The quantitative estimate of drug-likeness (QED) is 0.945. The molecular formula is C15H19FN4S. The highest BCUT2D eigenvalue weighted by atomic mass is 32.1. The molecule has 1 fully saturated rings. The number of aromatic nitrogens is 1. The summed E-state index contributed by atoms with van der Waals surface area (Å²) in [6, 6.07) is 6.70. The van der Waals surface area contributed by atoms with Crippen molar-refractivity contribution in [2.45, 2.75) is 13.5 Å². The predicted molar refractivity (Wildman–Crippen MR) is 85.6 cm³/mol. The fourth-order valence-corrected chi connectivity index (χ4v) is 3.54. The number of hydrogen-bond donors (Lipinski definition) is 1. The lowest BCUT2D eigenvalue weighted by molar-refractivity contribution is 0.624. The number of nitrogens with zero attached hydrogens (tertiary/aromatic N) is 3. The number of hydrogen-bond acceptors (Lipinski definition) is 5. The van der Waals surface area contributed by atoms with Gasteiger partial charge in [0.1, 0.15) is 5.82 Å². The van der Waals surface area contributed by atoms with E-state index in [-0.39, 0.29) is 5.82 Å². The van der Waals surface area contributed by atoms with Crippen LogP contribution in [0.2, 0.25) is 0 Å². The number of benzene rings is 1. The summed E-state index contributed by atoms with van der Waals surface area (Å²) < 4.78 is 13.0. The van der Waals surface area contributed by atoms with Crippen molar-refractivity contribution in [2.24, 2.45) is 5.73 Å². The standard InChI is InChI=1S/C15H19FN4S/c1-11-14(10-17)21-15(18-11)20-8-6-19(7-9-20)13-4-2-12(16)3-5-13/h2-5H,6-10,17H2,1H3. The number of rotatable bonds is 3. The molecule has 0 saturated carbocycles. The van der Waals surface area contributed by atoms with Gasteiger partial charge in [0.05, 0.1) is 5.69 Å². The van der Waals surface area contributed by atoms with Gasteiger partial charge in [-0.15, -0.1) is 11.3 Å². The first kappa shape index (κ1) is 14.3. The van der Waals surface area contributed by atoms with Crippen LogP contribution in [0.1, 0.15) is 10.6 Å². The van der Waals surface area contributed by atoms with Gasteiger partial charge in [0.2, 0.25) is 0 Å². The minimum Gasteiger partial charge on any atom is -0.368 e. The molecule has 1 aliphatic heterocycles. The van der Waals surface area contributed by atoms with Gasteiger partial charge in [-0.3, -0.25) is 0 Å². The van der Waals surface area contributed by atoms with E-state index in [0.717, 1.165) is 47.6 Å². The molecule has 1 aromatic heterocycles. The maximum absolute atomic E-state index is 13.0. The van der Waals surface area contributed by atoms with E-state index >= 15 is 0 Å². The Balaban J connectivity index is 1.65. The monoisotopic (exact) mass is 306 g/mol. The molecule has 0 bridgehead atoms. The second-order valence-corrected chi connectivity index (χ2v) is 6.22. The minimum atomic E-state index is -0.190. The first-order chi connectivity index (χ1) is 10.2. The van der Waals surface area contributed by atoms with Gasteiger partial charge in [0.25, 0.3) is 0 Å². The maximum Gasteiger partial charge on any atom is 0.185 e. The molecular weight excluding hydrogens is 287 g/mol. The lowest BCUT2D eigenvalue weighted by Crippen LogP contribution is -2.46. The molecule has 4 nitrogen and oxygen atoms in total. The molecule has 0 atom stereocenters. The van der Waals surface area contributed by atoms with Gasteiger partial charge >= 0.3 is 0 Å². The van der Waals surface area contributed by atoms with E-state index in [0.29, 0.717) is 6.54 Å². The van der Waals surface area contributed by atoms with E-state index in [1.165, 1.54) is 12.1 Å². The Hall–Kier alpha value is -1.66. The highest BCUT2D eigenvalue weighted by Gasteiger charge is 2.20. The van der Waals surface area contributed by atoms with Gasteiger partial charge in [0, 0.05) is 43.3 Å². The molecule has 21 heavy (non-hydrogen) atoms. The van der Waals surface area contributed by atoms with Gasteiger partial charge in [-0.25, -0.2) is 9.37 Å². The molecule has 1 aromatic carbocycles. The normalized spacial score (nSPS) is 15.6. The number of piperazine rings is 1. The molecule has 2 heterocycles. The van der Waals surface area contributed by atoms with E-state index in [1.807, 2.05) is 19.1 Å². The fraction of sp³-hybridized carbons (Fsp3) is 0.400. The largest absolute Gasteiger partial charge is 0.368 e. The van der Waals surface area contributed by atoms with Crippen LogP contribution in [0.3, 0.4) is 0 Å². The van der Waals surface area contributed by atoms with E-state index < -0.39 is 0 Å². The van der Waals surface area contributed by atoms with Crippen molar-refractivity contribution < 1.29 is 4.39 Å². The Morgan fingerprint density at radius 2 is 1.76 bits per heavy atom. The molecule has 0 unspecified atom stereocenters. The van der Waals surface area contributed by atoms with E-state index in [4.69, 9.17) is 5.73 Å². The van der Waals surface area contributed by atoms with Gasteiger partial charge in [-0.2, -0.15) is 0 Å². The summed E-state index contributed by atoms with van der Waals surface area (Å²) in [4.78, 5) is 10.3. The number of anilines is 2. The van der Waals surface area contributed by atoms with Crippen LogP contribution in [0.5, 0.6) is 0 Å². The second kappa shape index (κ2) is 5.99. The Bertz CT molecular complexity index is 603. The zero-order valence-electron chi connectivity index (χ0n) is 12.1. The van der Waals surface area contributed by atoms with Crippen molar-refractivity contribution >= 4 is 22.2 Å². The minimum absolute atomic E-state index is 0.190. The van der Waals surface area contributed by atoms with Crippen molar-refractivity contribution in [2.75, 3.05) is 36.0 Å². The molecule has 2 N–H and O–H groups in total. The Morgan fingerprint density at radius 3 is 2.33 bits per heavy atom. The lowest BCUT2D eigenvalue weighted by Gasteiger charge is -2.36. The zero-order chi connectivity index (χ0) is 14.8. The van der Waals surface area contributed by atoms with Gasteiger partial charge < -0.3 is 15.5 Å². The SMILES string of the molecule is Cc1nc(N2CCN(c3ccc(F)cc3)CC2)sc1CN. The van der Waals surface area contributed by atoms with Crippen LogP contribution in [0.4, 0.5) is 15.2 Å². The summed E-state index contributed by atoms with van der Waals surface area (Å²) in [5.74, 6) is -0.190. The Labute approximate surface area is 128 Å². The molecule has 6 heteroatoms. The van der Waals surface area contributed by atoms with Gasteiger partial charge in [-0.05, 0) is 31.2 Å². The summed E-state index contributed by atoms with van der Waals surface area (Å²) >= 11 is 1.69. The highest BCUT2D eigenvalue weighted by molar-refractivity contribution is 7.15. The summed E-state index contributed by atoms with van der Waals surface area (Å²) in [6.07, 6.45) is 0. The van der Waals surface area contributed by atoms with Crippen molar-refractivity contribution in [1.82, 2.24) is 4.98 Å². The average Bonchev–Trinajstić information content (AvgIpc) is 2.89. The Morgan fingerprint density at radius 1 is 1.14 bits per heavy atom. The third kappa shape index (κ3) is 3.01. The second-order valence-electron chi connectivity index (χ2n) is 5.16. The molecule has 0 amide bonds. The molecule has 0 radical (unpaired) electrons. The van der Waals surface area contributed by atoms with Crippen LogP contribution in [0.25, 0.3) is 0 Å². The predicted octanol–water partition coefficient (Wildman–Crippen LogP) is 2.38. The van der Waals surface area contributed by atoms with E-state index in [1.54, 1.807) is 11.3 Å². The van der Waals surface area contributed by atoms with E-state index in [9.17, 15) is 4.39 Å². The van der Waals surface area contributed by atoms with Crippen LogP contribution in [-0.4, -0.2) is 31.2 Å². The number of halogens is 1. The lowest BCUT2D eigenvalue weighted by atomic mass is 10.2. The molecule has 1 saturated heterocycles. The van der Waals surface area contributed by atoms with Gasteiger partial charge in [-0.1, -0.05) is 0 Å². The van der Waals surface area contributed by atoms with Crippen molar-refractivity contribution in [3.8, 4) is 0 Å². The van der Waals surface area contributed by atoms with Crippen molar-refractivity contribution in [3.05, 3.63) is 40.7 Å². The van der Waals surface area contributed by atoms with Crippen LogP contribution in [0, 0.1) is 12.7 Å². The molecule has 2 aromatic rings. The smallest absolute Gasteiger partial charge is 0.185 e. The Kier molecular flexibility index (Phi) is 4.07.